The first kappa shape index (κ1) is 14.9. The number of hydrogen-bond donors (Lipinski definition) is 1. The maximum Gasteiger partial charge on any atom is 0.245 e. The smallest absolute Gasteiger partial charge is 0.245 e. The van der Waals surface area contributed by atoms with Crippen LogP contribution in [0.25, 0.3) is 0 Å². The zero-order valence-corrected chi connectivity index (χ0v) is 13.4. The molecule has 1 saturated heterocycles. The summed E-state index contributed by atoms with van der Waals surface area (Å²) in [4.78, 5) is 0.316. The molecule has 3 rings (SSSR count). The summed E-state index contributed by atoms with van der Waals surface area (Å²) >= 11 is 0. The van der Waals surface area contributed by atoms with Crippen LogP contribution in [0.2, 0.25) is 0 Å². The van der Waals surface area contributed by atoms with Crippen molar-refractivity contribution in [2.75, 3.05) is 12.3 Å². The summed E-state index contributed by atoms with van der Waals surface area (Å²) in [6.07, 6.45) is 6.67. The van der Waals surface area contributed by atoms with Crippen molar-refractivity contribution < 1.29 is 8.42 Å². The lowest BCUT2D eigenvalue weighted by molar-refractivity contribution is 0.129. The molecule has 1 aliphatic carbocycles. The molecule has 0 amide bonds. The van der Waals surface area contributed by atoms with Gasteiger partial charge in [-0.3, -0.25) is 0 Å². The van der Waals surface area contributed by atoms with Crippen LogP contribution in [0.4, 0.5) is 5.69 Å². The molecule has 21 heavy (non-hydrogen) atoms. The summed E-state index contributed by atoms with van der Waals surface area (Å²) in [5, 5.41) is 0. The van der Waals surface area contributed by atoms with Crippen LogP contribution in [0, 0.1) is 12.8 Å². The summed E-state index contributed by atoms with van der Waals surface area (Å²) in [5.41, 5.74) is 7.09. The summed E-state index contributed by atoms with van der Waals surface area (Å²) < 4.78 is 28.0. The van der Waals surface area contributed by atoms with Crippen LogP contribution >= 0.6 is 0 Å². The third kappa shape index (κ3) is 2.57. The van der Waals surface area contributed by atoms with Gasteiger partial charge in [0.15, 0.2) is 0 Å². The molecule has 1 saturated carbocycles. The molecule has 0 bridgehead atoms. The molecular weight excluding hydrogens is 284 g/mol. The molecule has 2 N–H and O–H groups in total. The third-order valence-corrected chi connectivity index (χ3v) is 7.15. The predicted molar refractivity (Wildman–Crippen MR) is 84.5 cm³/mol. The summed E-state index contributed by atoms with van der Waals surface area (Å²) in [7, 11) is -3.49. The number of fused-ring (bicyclic) bond motifs is 1. The van der Waals surface area contributed by atoms with Gasteiger partial charge in [0.2, 0.25) is 10.0 Å². The maximum absolute atomic E-state index is 13.1. The number of aryl methyl sites for hydroxylation is 1. The van der Waals surface area contributed by atoms with E-state index in [2.05, 4.69) is 0 Å². The molecule has 0 aromatic heterocycles. The van der Waals surface area contributed by atoms with E-state index >= 15 is 0 Å². The van der Waals surface area contributed by atoms with E-state index in [1.165, 1.54) is 19.3 Å². The molecule has 2 atom stereocenters. The van der Waals surface area contributed by atoms with Crippen LogP contribution in [-0.2, 0) is 10.0 Å². The second kappa shape index (κ2) is 5.61. The van der Waals surface area contributed by atoms with E-state index in [9.17, 15) is 8.42 Å². The van der Waals surface area contributed by atoms with Crippen LogP contribution in [0.3, 0.4) is 0 Å². The highest BCUT2D eigenvalue weighted by molar-refractivity contribution is 7.89. The van der Waals surface area contributed by atoms with Gasteiger partial charge in [-0.05, 0) is 50.2 Å². The molecule has 2 aliphatic rings. The molecule has 1 aliphatic heterocycles. The van der Waals surface area contributed by atoms with Crippen molar-refractivity contribution in [3.8, 4) is 0 Å². The van der Waals surface area contributed by atoms with E-state index in [4.69, 9.17) is 5.73 Å². The molecule has 0 spiro atoms. The second-order valence-corrected chi connectivity index (χ2v) is 8.19. The van der Waals surface area contributed by atoms with Crippen molar-refractivity contribution in [1.29, 1.82) is 0 Å². The zero-order chi connectivity index (χ0) is 15.0. The van der Waals surface area contributed by atoms with E-state index in [1.807, 2.05) is 19.1 Å². The average molecular weight is 308 g/mol. The van der Waals surface area contributed by atoms with Gasteiger partial charge in [-0.25, -0.2) is 8.42 Å². The lowest BCUT2D eigenvalue weighted by Gasteiger charge is -2.43. The number of nitrogens with two attached hydrogens (primary N) is 1. The second-order valence-electron chi connectivity index (χ2n) is 6.36. The van der Waals surface area contributed by atoms with Gasteiger partial charge in [-0.15, -0.1) is 0 Å². The Balaban J connectivity index is 2.01. The highest BCUT2D eigenvalue weighted by Gasteiger charge is 2.40. The minimum absolute atomic E-state index is 0.177. The first-order chi connectivity index (χ1) is 10.0. The molecule has 2 unspecified atom stereocenters. The summed E-state index contributed by atoms with van der Waals surface area (Å²) in [6.45, 7) is 2.46. The summed E-state index contributed by atoms with van der Waals surface area (Å²) in [5.74, 6) is 0.535. The highest BCUT2D eigenvalue weighted by atomic mass is 32.2. The molecule has 1 aromatic carbocycles. The molecule has 1 aromatic rings. The molecular formula is C16H24N2O2S. The Labute approximate surface area is 127 Å². The molecule has 0 radical (unpaired) electrons. The van der Waals surface area contributed by atoms with Crippen molar-refractivity contribution in [1.82, 2.24) is 4.31 Å². The summed E-state index contributed by atoms with van der Waals surface area (Å²) in [6, 6.07) is 5.49. The first-order valence-electron chi connectivity index (χ1n) is 7.89. The van der Waals surface area contributed by atoms with Crippen LogP contribution in [0.5, 0.6) is 0 Å². The normalized spacial score (nSPS) is 27.3. The van der Waals surface area contributed by atoms with Gasteiger partial charge >= 0.3 is 0 Å². The number of benzene rings is 1. The monoisotopic (exact) mass is 308 g/mol. The minimum atomic E-state index is -3.49. The first-order valence-corrected chi connectivity index (χ1v) is 9.33. The predicted octanol–water partition coefficient (Wildman–Crippen LogP) is 2.92. The third-order valence-electron chi connectivity index (χ3n) is 5.00. The Kier molecular flexibility index (Phi) is 3.97. The Hall–Kier alpha value is -1.07. The molecule has 4 nitrogen and oxygen atoms in total. The Morgan fingerprint density at radius 2 is 1.86 bits per heavy atom. The largest absolute Gasteiger partial charge is 0.398 e. The van der Waals surface area contributed by atoms with E-state index in [0.29, 0.717) is 23.0 Å². The fourth-order valence-electron chi connectivity index (χ4n) is 4.02. The Morgan fingerprint density at radius 1 is 1.14 bits per heavy atom. The highest BCUT2D eigenvalue weighted by Crippen LogP contribution is 2.39. The van der Waals surface area contributed by atoms with Gasteiger partial charge in [0, 0.05) is 12.6 Å². The van der Waals surface area contributed by atoms with Crippen molar-refractivity contribution in [3.05, 3.63) is 23.8 Å². The molecule has 116 valence electrons. The van der Waals surface area contributed by atoms with Crippen molar-refractivity contribution in [2.45, 2.75) is 56.4 Å². The number of nitrogens with zero attached hydrogens (tertiary/aromatic N) is 1. The lowest BCUT2D eigenvalue weighted by atomic mass is 9.79. The fraction of sp³-hybridized carbons (Fsp3) is 0.625. The Morgan fingerprint density at radius 3 is 2.62 bits per heavy atom. The standard InChI is InChI=1S/C16H24N2O2S/c1-12-6-4-9-14(17)16(12)21(19,20)18-11-5-8-13-7-2-3-10-15(13)18/h4,6,9,13,15H,2-3,5,7-8,10-11,17H2,1H3. The topological polar surface area (TPSA) is 63.4 Å². The van der Waals surface area contributed by atoms with Crippen LogP contribution in [0.1, 0.15) is 44.1 Å². The number of hydrogen-bond acceptors (Lipinski definition) is 3. The van der Waals surface area contributed by atoms with Crippen LogP contribution < -0.4 is 5.73 Å². The van der Waals surface area contributed by atoms with Crippen molar-refractivity contribution >= 4 is 15.7 Å². The van der Waals surface area contributed by atoms with Gasteiger partial charge in [0.1, 0.15) is 4.90 Å². The van der Waals surface area contributed by atoms with E-state index in [1.54, 1.807) is 10.4 Å². The van der Waals surface area contributed by atoms with Crippen LogP contribution in [0.15, 0.2) is 23.1 Å². The number of anilines is 1. The quantitative estimate of drug-likeness (QED) is 0.854. The van der Waals surface area contributed by atoms with E-state index in [0.717, 1.165) is 24.8 Å². The molecule has 1 heterocycles. The maximum atomic E-state index is 13.1. The number of nitrogen functional groups attached to an aromatic ring is 1. The number of sulfonamides is 1. The van der Waals surface area contributed by atoms with Gasteiger partial charge < -0.3 is 5.73 Å². The van der Waals surface area contributed by atoms with Crippen LogP contribution in [-0.4, -0.2) is 25.3 Å². The van der Waals surface area contributed by atoms with Gasteiger partial charge in [-0.2, -0.15) is 4.31 Å². The van der Waals surface area contributed by atoms with Gasteiger partial charge in [-0.1, -0.05) is 25.0 Å². The zero-order valence-electron chi connectivity index (χ0n) is 12.6. The minimum Gasteiger partial charge on any atom is -0.398 e. The number of piperidine rings is 1. The fourth-order valence-corrected chi connectivity index (χ4v) is 6.10. The Bertz CT molecular complexity index is 605. The average Bonchev–Trinajstić information content (AvgIpc) is 2.46. The molecule has 2 fully saturated rings. The van der Waals surface area contributed by atoms with Crippen molar-refractivity contribution in [2.24, 2.45) is 5.92 Å². The van der Waals surface area contributed by atoms with E-state index in [-0.39, 0.29) is 6.04 Å². The SMILES string of the molecule is Cc1cccc(N)c1S(=O)(=O)N1CCCC2CCCCC21. The number of rotatable bonds is 2. The van der Waals surface area contributed by atoms with Gasteiger partial charge in [0.05, 0.1) is 5.69 Å². The van der Waals surface area contributed by atoms with E-state index < -0.39 is 10.0 Å². The van der Waals surface area contributed by atoms with Crippen molar-refractivity contribution in [3.63, 3.8) is 0 Å². The molecule has 5 heteroatoms. The lowest BCUT2D eigenvalue weighted by Crippen LogP contribution is -2.49. The van der Waals surface area contributed by atoms with Gasteiger partial charge in [0.25, 0.3) is 0 Å².